The Labute approximate surface area is 60.6 Å². The van der Waals surface area contributed by atoms with E-state index in [1.165, 1.54) is 0 Å². The van der Waals surface area contributed by atoms with Crippen LogP contribution in [0, 0.1) is 5.41 Å². The lowest BCUT2D eigenvalue weighted by Gasteiger charge is -2.24. The lowest BCUT2D eigenvalue weighted by Crippen LogP contribution is -2.22. The van der Waals surface area contributed by atoms with Crippen LogP contribution in [0.2, 0.25) is 0 Å². The second-order valence-corrected chi connectivity index (χ2v) is 3.09. The number of carbonyl (C=O) groups is 1. The molecule has 56 valence electrons. The van der Waals surface area contributed by atoms with E-state index < -0.39 is 0 Å². The minimum atomic E-state index is -0.340. The molecule has 2 nitrogen and oxygen atoms in total. The van der Waals surface area contributed by atoms with Crippen LogP contribution in [0.5, 0.6) is 0 Å². The average molecular weight is 140 g/mol. The molecule has 0 spiro atoms. The van der Waals surface area contributed by atoms with E-state index >= 15 is 0 Å². The molecule has 0 fully saturated rings. The molecule has 10 heavy (non-hydrogen) atoms. The van der Waals surface area contributed by atoms with Gasteiger partial charge in [-0.1, -0.05) is 12.2 Å². The van der Waals surface area contributed by atoms with Gasteiger partial charge in [-0.05, 0) is 19.8 Å². The fraction of sp³-hybridized carbons (Fsp3) is 0.625. The Morgan fingerprint density at radius 2 is 2.50 bits per heavy atom. The van der Waals surface area contributed by atoms with Crippen LogP contribution in [0.15, 0.2) is 12.2 Å². The van der Waals surface area contributed by atoms with Crippen LogP contribution in [0.4, 0.5) is 0 Å². The van der Waals surface area contributed by atoms with Crippen molar-refractivity contribution in [2.75, 3.05) is 0 Å². The number of aldehydes is 1. The fourth-order valence-corrected chi connectivity index (χ4v) is 1.07. The predicted octanol–water partition coefficient (Wildman–Crippen LogP) is 0.902. The van der Waals surface area contributed by atoms with Gasteiger partial charge in [0.25, 0.3) is 0 Å². The first-order valence-corrected chi connectivity index (χ1v) is 3.50. The Morgan fingerprint density at radius 1 is 1.80 bits per heavy atom. The summed E-state index contributed by atoms with van der Waals surface area (Å²) in [5.41, 5.74) is -0.320. The number of allylic oxidation sites excluding steroid dienone is 1. The standard InChI is InChI=1S/C8H12O2/c1-8(6-9)4-2-7(10)3-5-8/h2,4,6-7,10H,3,5H2,1H3/t7-,8+/m1/s1. The number of rotatable bonds is 1. The molecule has 1 rings (SSSR count). The van der Waals surface area contributed by atoms with E-state index in [1.807, 2.05) is 6.92 Å². The van der Waals surface area contributed by atoms with Crippen LogP contribution in [0.3, 0.4) is 0 Å². The second kappa shape index (κ2) is 2.54. The third kappa shape index (κ3) is 1.45. The fourth-order valence-electron chi connectivity index (χ4n) is 1.07. The number of aliphatic hydroxyl groups is 1. The SMILES string of the molecule is C[C@]1(C=O)C=C[C@@H](O)CC1. The highest BCUT2D eigenvalue weighted by molar-refractivity contribution is 5.62. The van der Waals surface area contributed by atoms with Gasteiger partial charge in [0, 0.05) is 5.41 Å². The Hall–Kier alpha value is -0.630. The summed E-state index contributed by atoms with van der Waals surface area (Å²) >= 11 is 0. The van der Waals surface area contributed by atoms with Crippen molar-refractivity contribution in [1.82, 2.24) is 0 Å². The van der Waals surface area contributed by atoms with Crippen LogP contribution < -0.4 is 0 Å². The largest absolute Gasteiger partial charge is 0.389 e. The molecular formula is C8H12O2. The molecule has 2 heteroatoms. The molecule has 0 aromatic carbocycles. The van der Waals surface area contributed by atoms with Gasteiger partial charge in [-0.3, -0.25) is 0 Å². The second-order valence-electron chi connectivity index (χ2n) is 3.09. The van der Waals surface area contributed by atoms with Gasteiger partial charge in [0.15, 0.2) is 0 Å². The molecule has 1 N–H and O–H groups in total. The first kappa shape index (κ1) is 7.48. The van der Waals surface area contributed by atoms with Gasteiger partial charge in [0.05, 0.1) is 6.10 Å². The van der Waals surface area contributed by atoms with Crippen LogP contribution >= 0.6 is 0 Å². The Morgan fingerprint density at radius 3 is 2.90 bits per heavy atom. The van der Waals surface area contributed by atoms with E-state index in [9.17, 15) is 4.79 Å². The third-order valence-electron chi connectivity index (χ3n) is 1.95. The molecule has 0 aromatic heterocycles. The smallest absolute Gasteiger partial charge is 0.129 e. The summed E-state index contributed by atoms with van der Waals surface area (Å²) in [5, 5.41) is 9.03. The molecule has 0 saturated carbocycles. The van der Waals surface area contributed by atoms with E-state index in [1.54, 1.807) is 12.2 Å². The number of carbonyl (C=O) groups excluding carboxylic acids is 1. The average Bonchev–Trinajstić information content (AvgIpc) is 1.96. The highest BCUT2D eigenvalue weighted by atomic mass is 16.3. The highest BCUT2D eigenvalue weighted by Crippen LogP contribution is 2.27. The summed E-state index contributed by atoms with van der Waals surface area (Å²) in [6, 6.07) is 0. The van der Waals surface area contributed by atoms with Crippen molar-refractivity contribution in [3.63, 3.8) is 0 Å². The zero-order valence-electron chi connectivity index (χ0n) is 6.08. The number of aliphatic hydroxyl groups excluding tert-OH is 1. The summed E-state index contributed by atoms with van der Waals surface area (Å²) in [4.78, 5) is 10.5. The van der Waals surface area contributed by atoms with Crippen molar-refractivity contribution < 1.29 is 9.90 Å². The van der Waals surface area contributed by atoms with Crippen molar-refractivity contribution >= 4 is 6.29 Å². The van der Waals surface area contributed by atoms with Crippen molar-refractivity contribution in [3.05, 3.63) is 12.2 Å². The van der Waals surface area contributed by atoms with Gasteiger partial charge in [-0.15, -0.1) is 0 Å². The van der Waals surface area contributed by atoms with Gasteiger partial charge in [0.1, 0.15) is 6.29 Å². The maximum absolute atomic E-state index is 10.5. The molecule has 0 aromatic rings. The zero-order valence-corrected chi connectivity index (χ0v) is 6.08. The normalized spacial score (nSPS) is 39.6. The summed E-state index contributed by atoms with van der Waals surface area (Å²) in [5.74, 6) is 0. The van der Waals surface area contributed by atoms with Crippen molar-refractivity contribution in [2.45, 2.75) is 25.9 Å². The van der Waals surface area contributed by atoms with Gasteiger partial charge < -0.3 is 9.90 Å². The molecule has 0 bridgehead atoms. The maximum Gasteiger partial charge on any atom is 0.129 e. The van der Waals surface area contributed by atoms with Crippen molar-refractivity contribution in [1.29, 1.82) is 0 Å². The van der Waals surface area contributed by atoms with Gasteiger partial charge in [0.2, 0.25) is 0 Å². The van der Waals surface area contributed by atoms with Gasteiger partial charge in [-0.25, -0.2) is 0 Å². The quantitative estimate of drug-likeness (QED) is 0.434. The van der Waals surface area contributed by atoms with Crippen LogP contribution in [0.1, 0.15) is 19.8 Å². The molecular weight excluding hydrogens is 128 g/mol. The molecule has 2 atom stereocenters. The third-order valence-corrected chi connectivity index (χ3v) is 1.95. The number of hydrogen-bond donors (Lipinski definition) is 1. The molecule has 0 radical (unpaired) electrons. The summed E-state index contributed by atoms with van der Waals surface area (Å²) < 4.78 is 0. The number of hydrogen-bond acceptors (Lipinski definition) is 2. The predicted molar refractivity (Wildman–Crippen MR) is 38.6 cm³/mol. The zero-order chi connectivity index (χ0) is 7.61. The van der Waals surface area contributed by atoms with E-state index in [0.717, 1.165) is 12.7 Å². The molecule has 1 aliphatic carbocycles. The lowest BCUT2D eigenvalue weighted by atomic mass is 9.81. The topological polar surface area (TPSA) is 37.3 Å². The first-order chi connectivity index (χ1) is 4.66. The molecule has 0 unspecified atom stereocenters. The molecule has 1 aliphatic rings. The van der Waals surface area contributed by atoms with Crippen molar-refractivity contribution in [3.8, 4) is 0 Å². The Bertz CT molecular complexity index is 163. The van der Waals surface area contributed by atoms with Crippen LogP contribution in [0.25, 0.3) is 0 Å². The summed E-state index contributed by atoms with van der Waals surface area (Å²) in [7, 11) is 0. The summed E-state index contributed by atoms with van der Waals surface area (Å²) in [6.45, 7) is 1.88. The molecule has 0 aliphatic heterocycles. The van der Waals surface area contributed by atoms with Crippen molar-refractivity contribution in [2.24, 2.45) is 5.41 Å². The minimum absolute atomic E-state index is 0.320. The highest BCUT2D eigenvalue weighted by Gasteiger charge is 2.24. The summed E-state index contributed by atoms with van der Waals surface area (Å²) in [6.07, 6.45) is 5.54. The molecule has 0 heterocycles. The van der Waals surface area contributed by atoms with Gasteiger partial charge in [-0.2, -0.15) is 0 Å². The van der Waals surface area contributed by atoms with E-state index in [-0.39, 0.29) is 11.5 Å². The molecule has 0 amide bonds. The Balaban J connectivity index is 2.68. The maximum atomic E-state index is 10.5. The van der Waals surface area contributed by atoms with Gasteiger partial charge >= 0.3 is 0 Å². The van der Waals surface area contributed by atoms with Crippen LogP contribution in [-0.4, -0.2) is 17.5 Å². The molecule has 0 saturated heterocycles. The van der Waals surface area contributed by atoms with E-state index in [4.69, 9.17) is 5.11 Å². The lowest BCUT2D eigenvalue weighted by molar-refractivity contribution is -0.114. The van der Waals surface area contributed by atoms with E-state index in [0.29, 0.717) is 6.42 Å². The monoisotopic (exact) mass is 140 g/mol. The van der Waals surface area contributed by atoms with Crippen LogP contribution in [-0.2, 0) is 4.79 Å². The van der Waals surface area contributed by atoms with E-state index in [2.05, 4.69) is 0 Å². The minimum Gasteiger partial charge on any atom is -0.389 e. The Kier molecular flexibility index (Phi) is 1.90. The first-order valence-electron chi connectivity index (χ1n) is 3.50.